The second-order valence-electron chi connectivity index (χ2n) is 3.07. The van der Waals surface area contributed by atoms with Crippen LogP contribution in [-0.4, -0.2) is 30.9 Å². The standard InChI is InChI=1S/C8H10N6O/c1-5-9-7(12-11-5)8(15)10-6-3-4-14(2)13-6/h3-4H,1-2H3,(H,9,11,12)(H,10,13,15). The number of nitrogens with zero attached hydrogens (tertiary/aromatic N) is 4. The van der Waals surface area contributed by atoms with Crippen LogP contribution in [0, 0.1) is 6.92 Å². The molecular formula is C8H10N6O. The summed E-state index contributed by atoms with van der Waals surface area (Å²) in [6.45, 7) is 1.73. The number of hydrogen-bond donors (Lipinski definition) is 2. The summed E-state index contributed by atoms with van der Waals surface area (Å²) in [5.74, 6) is 0.808. The molecule has 0 aliphatic rings. The van der Waals surface area contributed by atoms with Gasteiger partial charge in [0.15, 0.2) is 5.82 Å². The number of aromatic nitrogens is 5. The van der Waals surface area contributed by atoms with Crippen molar-refractivity contribution >= 4 is 11.7 Å². The first-order chi connectivity index (χ1) is 7.15. The Hall–Kier alpha value is -2.18. The van der Waals surface area contributed by atoms with Gasteiger partial charge in [0.2, 0.25) is 5.82 Å². The average molecular weight is 206 g/mol. The van der Waals surface area contributed by atoms with Gasteiger partial charge in [-0.05, 0) is 6.92 Å². The fourth-order valence-corrected chi connectivity index (χ4v) is 1.10. The van der Waals surface area contributed by atoms with Gasteiger partial charge >= 0.3 is 0 Å². The Balaban J connectivity index is 2.10. The van der Waals surface area contributed by atoms with Gasteiger partial charge in [-0.3, -0.25) is 14.6 Å². The minimum absolute atomic E-state index is 0.109. The van der Waals surface area contributed by atoms with Crippen LogP contribution in [0.5, 0.6) is 0 Å². The summed E-state index contributed by atoms with van der Waals surface area (Å²) >= 11 is 0. The van der Waals surface area contributed by atoms with Crippen LogP contribution in [0.2, 0.25) is 0 Å². The number of carbonyl (C=O) groups excluding carboxylic acids is 1. The van der Waals surface area contributed by atoms with Crippen molar-refractivity contribution in [3.05, 3.63) is 23.9 Å². The molecule has 7 nitrogen and oxygen atoms in total. The molecule has 0 fully saturated rings. The highest BCUT2D eigenvalue weighted by Crippen LogP contribution is 2.02. The predicted molar refractivity (Wildman–Crippen MR) is 52.3 cm³/mol. The molecule has 0 aliphatic carbocycles. The van der Waals surface area contributed by atoms with Gasteiger partial charge in [-0.2, -0.15) is 5.10 Å². The van der Waals surface area contributed by atoms with Crippen LogP contribution in [0.15, 0.2) is 12.3 Å². The third-order valence-electron chi connectivity index (χ3n) is 1.76. The molecule has 2 rings (SSSR count). The normalized spacial score (nSPS) is 10.3. The van der Waals surface area contributed by atoms with E-state index < -0.39 is 0 Å². The van der Waals surface area contributed by atoms with Crippen LogP contribution in [0.25, 0.3) is 0 Å². The lowest BCUT2D eigenvalue weighted by atomic mass is 10.5. The zero-order valence-electron chi connectivity index (χ0n) is 8.35. The van der Waals surface area contributed by atoms with Gasteiger partial charge in [-0.15, -0.1) is 5.10 Å². The lowest BCUT2D eigenvalue weighted by Crippen LogP contribution is -2.14. The van der Waals surface area contributed by atoms with Crippen LogP contribution < -0.4 is 5.32 Å². The van der Waals surface area contributed by atoms with Crippen LogP contribution >= 0.6 is 0 Å². The molecule has 0 saturated carbocycles. The molecule has 0 bridgehead atoms. The molecule has 0 aromatic carbocycles. The van der Waals surface area contributed by atoms with Gasteiger partial charge in [-0.1, -0.05) is 0 Å². The van der Waals surface area contributed by atoms with Crippen molar-refractivity contribution in [1.29, 1.82) is 0 Å². The molecular weight excluding hydrogens is 196 g/mol. The Morgan fingerprint density at radius 3 is 2.93 bits per heavy atom. The minimum Gasteiger partial charge on any atom is -0.302 e. The van der Waals surface area contributed by atoms with Crippen LogP contribution in [-0.2, 0) is 7.05 Å². The summed E-state index contributed by atoms with van der Waals surface area (Å²) in [4.78, 5) is 15.4. The number of aryl methyl sites for hydroxylation is 2. The smallest absolute Gasteiger partial charge is 0.296 e. The lowest BCUT2D eigenvalue weighted by molar-refractivity contribution is 0.101. The van der Waals surface area contributed by atoms with Crippen molar-refractivity contribution < 1.29 is 4.79 Å². The van der Waals surface area contributed by atoms with E-state index in [2.05, 4.69) is 25.6 Å². The number of nitrogens with one attached hydrogen (secondary N) is 2. The fraction of sp³-hybridized carbons (Fsp3) is 0.250. The number of hydrogen-bond acceptors (Lipinski definition) is 4. The molecule has 0 radical (unpaired) electrons. The monoisotopic (exact) mass is 206 g/mol. The topological polar surface area (TPSA) is 88.5 Å². The second kappa shape index (κ2) is 3.52. The summed E-state index contributed by atoms with van der Waals surface area (Å²) in [5.41, 5.74) is 0. The molecule has 0 aliphatic heterocycles. The van der Waals surface area contributed by atoms with Crippen molar-refractivity contribution in [2.45, 2.75) is 6.92 Å². The van der Waals surface area contributed by atoms with E-state index in [1.807, 2.05) is 0 Å². The molecule has 1 amide bonds. The number of aromatic amines is 1. The third-order valence-corrected chi connectivity index (χ3v) is 1.76. The largest absolute Gasteiger partial charge is 0.302 e. The van der Waals surface area contributed by atoms with Crippen LogP contribution in [0.4, 0.5) is 5.82 Å². The Bertz CT molecular complexity index is 485. The SMILES string of the molecule is Cc1nc(C(=O)Nc2ccn(C)n2)n[nH]1. The first-order valence-corrected chi connectivity index (χ1v) is 4.35. The first-order valence-electron chi connectivity index (χ1n) is 4.35. The van der Waals surface area contributed by atoms with Gasteiger partial charge in [0.25, 0.3) is 5.91 Å². The van der Waals surface area contributed by atoms with Gasteiger partial charge in [0.05, 0.1) is 0 Å². The Morgan fingerprint density at radius 1 is 1.60 bits per heavy atom. The maximum Gasteiger partial charge on any atom is 0.296 e. The van der Waals surface area contributed by atoms with Crippen molar-refractivity contribution in [3.63, 3.8) is 0 Å². The van der Waals surface area contributed by atoms with Gasteiger partial charge in [0.1, 0.15) is 5.82 Å². The van der Waals surface area contributed by atoms with E-state index in [9.17, 15) is 4.79 Å². The van der Waals surface area contributed by atoms with Crippen LogP contribution in [0.3, 0.4) is 0 Å². The zero-order valence-corrected chi connectivity index (χ0v) is 8.35. The quantitative estimate of drug-likeness (QED) is 0.729. The lowest BCUT2D eigenvalue weighted by Gasteiger charge is -1.95. The molecule has 0 spiro atoms. The zero-order chi connectivity index (χ0) is 10.8. The summed E-state index contributed by atoms with van der Waals surface area (Å²) < 4.78 is 1.60. The summed E-state index contributed by atoms with van der Waals surface area (Å²) in [5, 5.41) is 12.9. The molecule has 2 aromatic rings. The van der Waals surface area contributed by atoms with Crippen LogP contribution in [0.1, 0.15) is 16.4 Å². The molecule has 2 aromatic heterocycles. The maximum absolute atomic E-state index is 11.5. The summed E-state index contributed by atoms with van der Waals surface area (Å²) in [6, 6.07) is 1.69. The number of rotatable bonds is 2. The molecule has 78 valence electrons. The minimum atomic E-state index is -0.377. The van der Waals surface area contributed by atoms with E-state index >= 15 is 0 Å². The average Bonchev–Trinajstić information content (AvgIpc) is 2.75. The molecule has 7 heteroatoms. The summed E-state index contributed by atoms with van der Waals surface area (Å²) in [6.07, 6.45) is 1.73. The molecule has 2 N–H and O–H groups in total. The molecule has 2 heterocycles. The fourth-order valence-electron chi connectivity index (χ4n) is 1.10. The number of H-pyrrole nitrogens is 1. The number of anilines is 1. The second-order valence-corrected chi connectivity index (χ2v) is 3.07. The Kier molecular flexibility index (Phi) is 2.20. The third kappa shape index (κ3) is 2.01. The summed E-state index contributed by atoms with van der Waals surface area (Å²) in [7, 11) is 1.77. The van der Waals surface area contributed by atoms with E-state index in [0.29, 0.717) is 11.6 Å². The van der Waals surface area contributed by atoms with Crippen molar-refractivity contribution in [2.75, 3.05) is 5.32 Å². The highest BCUT2D eigenvalue weighted by atomic mass is 16.2. The van der Waals surface area contributed by atoms with Gasteiger partial charge in [-0.25, -0.2) is 4.98 Å². The Morgan fingerprint density at radius 2 is 2.40 bits per heavy atom. The molecule has 0 atom stereocenters. The highest BCUT2D eigenvalue weighted by Gasteiger charge is 2.11. The molecule has 0 unspecified atom stereocenters. The van der Waals surface area contributed by atoms with Gasteiger partial charge in [0, 0.05) is 19.3 Å². The van der Waals surface area contributed by atoms with Crippen molar-refractivity contribution in [2.24, 2.45) is 7.05 Å². The van der Waals surface area contributed by atoms with Gasteiger partial charge < -0.3 is 5.32 Å². The van der Waals surface area contributed by atoms with E-state index in [0.717, 1.165) is 0 Å². The van der Waals surface area contributed by atoms with E-state index in [1.165, 1.54) is 0 Å². The maximum atomic E-state index is 11.5. The van der Waals surface area contributed by atoms with Crippen molar-refractivity contribution in [1.82, 2.24) is 25.0 Å². The molecule has 0 saturated heterocycles. The predicted octanol–water partition coefficient (Wildman–Crippen LogP) is 0.0989. The van der Waals surface area contributed by atoms with E-state index in [4.69, 9.17) is 0 Å². The number of carbonyl (C=O) groups is 1. The van der Waals surface area contributed by atoms with Crippen molar-refractivity contribution in [3.8, 4) is 0 Å². The number of amides is 1. The first kappa shape index (κ1) is 9.38. The highest BCUT2D eigenvalue weighted by molar-refractivity contribution is 6.00. The Labute approximate surface area is 85.5 Å². The van der Waals surface area contributed by atoms with E-state index in [-0.39, 0.29) is 11.7 Å². The van der Waals surface area contributed by atoms with E-state index in [1.54, 1.807) is 30.9 Å². The molecule has 15 heavy (non-hydrogen) atoms.